The van der Waals surface area contributed by atoms with E-state index in [-0.39, 0.29) is 12.5 Å². The number of rotatable bonds is 8. The predicted molar refractivity (Wildman–Crippen MR) is 66.4 cm³/mol. The van der Waals surface area contributed by atoms with Crippen molar-refractivity contribution in [3.63, 3.8) is 0 Å². The van der Waals surface area contributed by atoms with Crippen LogP contribution in [0.2, 0.25) is 0 Å². The largest absolute Gasteiger partial charge is 0.396 e. The third-order valence-corrected chi connectivity index (χ3v) is 3.11. The molecular weight excluding hydrogens is 232 g/mol. The fraction of sp³-hybridized carbons (Fsp3) is 0.692. The van der Waals surface area contributed by atoms with E-state index in [1.54, 1.807) is 6.07 Å². The number of unbranched alkanes of at least 4 members (excludes halogenated alkanes) is 3. The summed E-state index contributed by atoms with van der Waals surface area (Å²) in [6.45, 7) is 0.894. The van der Waals surface area contributed by atoms with E-state index in [0.717, 1.165) is 44.3 Å². The van der Waals surface area contributed by atoms with Crippen LogP contribution in [0.1, 0.15) is 60.7 Å². The molecule has 1 aliphatic carbocycles. The monoisotopic (exact) mass is 252 g/mol. The Morgan fingerprint density at radius 2 is 2.17 bits per heavy atom. The Morgan fingerprint density at radius 1 is 1.39 bits per heavy atom. The highest BCUT2D eigenvalue weighted by Crippen LogP contribution is 2.40. The van der Waals surface area contributed by atoms with Crippen molar-refractivity contribution in [3.05, 3.63) is 17.5 Å². The molecule has 18 heavy (non-hydrogen) atoms. The molecule has 2 N–H and O–H groups in total. The van der Waals surface area contributed by atoms with Crippen molar-refractivity contribution in [1.82, 2.24) is 10.5 Å². The maximum atomic E-state index is 11.7. The van der Waals surface area contributed by atoms with Crippen LogP contribution in [0.25, 0.3) is 0 Å². The number of carbonyl (C=O) groups is 1. The number of nitrogens with one attached hydrogen (secondary N) is 1. The van der Waals surface area contributed by atoms with Crippen LogP contribution in [0.15, 0.2) is 10.6 Å². The molecule has 1 heterocycles. The number of aliphatic hydroxyl groups excluding tert-OH is 1. The van der Waals surface area contributed by atoms with Gasteiger partial charge in [0.15, 0.2) is 5.69 Å². The van der Waals surface area contributed by atoms with Crippen molar-refractivity contribution < 1.29 is 14.4 Å². The lowest BCUT2D eigenvalue weighted by Gasteiger charge is -2.02. The zero-order valence-corrected chi connectivity index (χ0v) is 10.5. The van der Waals surface area contributed by atoms with Crippen LogP contribution < -0.4 is 5.32 Å². The van der Waals surface area contributed by atoms with Crippen LogP contribution in [0.3, 0.4) is 0 Å². The molecular formula is C13H20N2O3. The van der Waals surface area contributed by atoms with Crippen LogP contribution in [0.5, 0.6) is 0 Å². The van der Waals surface area contributed by atoms with Gasteiger partial charge >= 0.3 is 0 Å². The van der Waals surface area contributed by atoms with E-state index >= 15 is 0 Å². The quantitative estimate of drug-likeness (QED) is 0.692. The van der Waals surface area contributed by atoms with Crippen molar-refractivity contribution in [2.24, 2.45) is 0 Å². The van der Waals surface area contributed by atoms with Gasteiger partial charge in [-0.05, 0) is 25.7 Å². The Labute approximate surface area is 107 Å². The molecule has 0 spiro atoms. The Balaban J connectivity index is 1.64. The average Bonchev–Trinajstić information content (AvgIpc) is 3.11. The minimum Gasteiger partial charge on any atom is -0.396 e. The van der Waals surface area contributed by atoms with Gasteiger partial charge < -0.3 is 14.9 Å². The maximum Gasteiger partial charge on any atom is 0.273 e. The van der Waals surface area contributed by atoms with Crippen molar-refractivity contribution in [1.29, 1.82) is 0 Å². The number of amides is 1. The molecule has 0 bridgehead atoms. The van der Waals surface area contributed by atoms with Crippen LogP contribution >= 0.6 is 0 Å². The molecule has 100 valence electrons. The van der Waals surface area contributed by atoms with Crippen LogP contribution in [0.4, 0.5) is 0 Å². The smallest absolute Gasteiger partial charge is 0.273 e. The summed E-state index contributed by atoms with van der Waals surface area (Å²) in [6, 6.07) is 1.75. The van der Waals surface area contributed by atoms with E-state index in [0.29, 0.717) is 18.2 Å². The number of aliphatic hydroxyl groups is 1. The summed E-state index contributed by atoms with van der Waals surface area (Å²) in [6.07, 6.45) is 6.07. The Hall–Kier alpha value is -1.36. The highest BCUT2D eigenvalue weighted by atomic mass is 16.5. The van der Waals surface area contributed by atoms with Gasteiger partial charge in [0.25, 0.3) is 5.91 Å². The zero-order valence-electron chi connectivity index (χ0n) is 10.5. The lowest BCUT2D eigenvalue weighted by Crippen LogP contribution is -2.24. The second kappa shape index (κ2) is 6.54. The van der Waals surface area contributed by atoms with Gasteiger partial charge in [-0.1, -0.05) is 18.0 Å². The number of hydrogen-bond acceptors (Lipinski definition) is 4. The third-order valence-electron chi connectivity index (χ3n) is 3.11. The summed E-state index contributed by atoms with van der Waals surface area (Å²) in [5.41, 5.74) is 0.382. The third kappa shape index (κ3) is 3.84. The minimum absolute atomic E-state index is 0.159. The molecule has 0 atom stereocenters. The Kier molecular flexibility index (Phi) is 4.75. The first kappa shape index (κ1) is 13.1. The summed E-state index contributed by atoms with van der Waals surface area (Å²) < 4.78 is 5.13. The average molecular weight is 252 g/mol. The molecule has 1 fully saturated rings. The molecule has 1 aliphatic rings. The van der Waals surface area contributed by atoms with Crippen LogP contribution in [-0.2, 0) is 0 Å². The topological polar surface area (TPSA) is 75.4 Å². The summed E-state index contributed by atoms with van der Waals surface area (Å²) >= 11 is 0. The number of carbonyl (C=O) groups excluding carboxylic acids is 1. The van der Waals surface area contributed by atoms with E-state index in [4.69, 9.17) is 9.63 Å². The molecule has 1 aromatic heterocycles. The molecule has 0 aromatic carbocycles. The van der Waals surface area contributed by atoms with E-state index in [2.05, 4.69) is 10.5 Å². The molecule has 1 aromatic rings. The summed E-state index contributed by atoms with van der Waals surface area (Å²) in [7, 11) is 0. The highest BCUT2D eigenvalue weighted by Gasteiger charge is 2.28. The lowest BCUT2D eigenvalue weighted by molar-refractivity contribution is 0.0943. The first-order valence-corrected chi connectivity index (χ1v) is 6.67. The van der Waals surface area contributed by atoms with Gasteiger partial charge in [0.2, 0.25) is 0 Å². The number of hydrogen-bond donors (Lipinski definition) is 2. The van der Waals surface area contributed by atoms with Gasteiger partial charge in [-0.25, -0.2) is 0 Å². The van der Waals surface area contributed by atoms with Crippen LogP contribution in [-0.4, -0.2) is 29.3 Å². The lowest BCUT2D eigenvalue weighted by atomic mass is 10.2. The van der Waals surface area contributed by atoms with Crippen molar-refractivity contribution in [2.45, 2.75) is 44.4 Å². The molecule has 1 amide bonds. The molecule has 2 rings (SSSR count). The fourth-order valence-electron chi connectivity index (χ4n) is 1.84. The molecule has 1 saturated carbocycles. The Bertz CT molecular complexity index is 385. The van der Waals surface area contributed by atoms with Gasteiger partial charge in [0, 0.05) is 25.1 Å². The highest BCUT2D eigenvalue weighted by molar-refractivity contribution is 5.92. The predicted octanol–water partition coefficient (Wildman–Crippen LogP) is 1.83. The molecule has 0 saturated heterocycles. The van der Waals surface area contributed by atoms with Gasteiger partial charge in [-0.15, -0.1) is 0 Å². The van der Waals surface area contributed by atoms with Gasteiger partial charge in [0.05, 0.1) is 0 Å². The molecule has 0 aliphatic heterocycles. The number of aromatic nitrogens is 1. The van der Waals surface area contributed by atoms with E-state index in [1.807, 2.05) is 0 Å². The van der Waals surface area contributed by atoms with Gasteiger partial charge in [0.1, 0.15) is 5.76 Å². The normalized spacial score (nSPS) is 14.7. The van der Waals surface area contributed by atoms with Crippen molar-refractivity contribution in [3.8, 4) is 0 Å². The van der Waals surface area contributed by atoms with Crippen molar-refractivity contribution >= 4 is 5.91 Å². The first-order valence-electron chi connectivity index (χ1n) is 6.67. The van der Waals surface area contributed by atoms with E-state index in [9.17, 15) is 4.79 Å². The molecule has 5 heteroatoms. The van der Waals surface area contributed by atoms with Crippen LogP contribution in [0, 0.1) is 0 Å². The number of nitrogens with zero attached hydrogens (tertiary/aromatic N) is 1. The van der Waals surface area contributed by atoms with E-state index < -0.39 is 0 Å². The molecule has 0 unspecified atom stereocenters. The zero-order chi connectivity index (χ0) is 12.8. The van der Waals surface area contributed by atoms with Gasteiger partial charge in [-0.3, -0.25) is 4.79 Å². The summed E-state index contributed by atoms with van der Waals surface area (Å²) in [4.78, 5) is 11.7. The first-order chi connectivity index (χ1) is 8.81. The fourth-order valence-corrected chi connectivity index (χ4v) is 1.84. The standard InChI is InChI=1S/C13H20N2O3/c16-8-4-2-1-3-7-14-13(17)11-9-12(18-15-11)10-5-6-10/h9-10,16H,1-8H2,(H,14,17). The maximum absolute atomic E-state index is 11.7. The van der Waals surface area contributed by atoms with E-state index in [1.165, 1.54) is 0 Å². The second-order valence-electron chi connectivity index (χ2n) is 4.78. The van der Waals surface area contributed by atoms with Gasteiger partial charge in [-0.2, -0.15) is 0 Å². The minimum atomic E-state index is -0.159. The SMILES string of the molecule is O=C(NCCCCCCO)c1cc(C2CC2)on1. The summed E-state index contributed by atoms with van der Waals surface area (Å²) in [5, 5.41) is 15.2. The molecule has 0 radical (unpaired) electrons. The second-order valence-corrected chi connectivity index (χ2v) is 4.78. The summed E-state index contributed by atoms with van der Waals surface area (Å²) in [5.74, 6) is 1.16. The molecule has 5 nitrogen and oxygen atoms in total. The Morgan fingerprint density at radius 3 is 2.89 bits per heavy atom. The van der Waals surface area contributed by atoms with Crippen molar-refractivity contribution in [2.75, 3.05) is 13.2 Å².